The van der Waals surface area contributed by atoms with Gasteiger partial charge in [-0.15, -0.1) is 0 Å². The molecule has 0 unspecified atom stereocenters. The Morgan fingerprint density at radius 2 is 2.00 bits per heavy atom. The summed E-state index contributed by atoms with van der Waals surface area (Å²) < 4.78 is 46.0. The summed E-state index contributed by atoms with van der Waals surface area (Å²) in [5, 5.41) is 14.1. The third-order valence-electron chi connectivity index (χ3n) is 5.19. The summed E-state index contributed by atoms with van der Waals surface area (Å²) in [5.41, 5.74) is 1.47. The van der Waals surface area contributed by atoms with E-state index in [0.717, 1.165) is 23.3 Å². The van der Waals surface area contributed by atoms with E-state index in [1.54, 1.807) is 35.3 Å². The van der Waals surface area contributed by atoms with Crippen LogP contribution in [-0.4, -0.2) is 25.5 Å². The summed E-state index contributed by atoms with van der Waals surface area (Å²) in [6.07, 6.45) is 1.62. The SMILES string of the molecule is Cn1cc(Cc2cnc(SCCc3ccc(Oc4cccc(C(F)(F)F)c4)c(C#N)c3)[nH]c2=O)cn1. The summed E-state index contributed by atoms with van der Waals surface area (Å²) in [5.74, 6) is 0.749. The summed E-state index contributed by atoms with van der Waals surface area (Å²) in [7, 11) is 1.81. The Kier molecular flexibility index (Phi) is 7.45. The Balaban J connectivity index is 1.37. The first kappa shape index (κ1) is 25.1. The topological polar surface area (TPSA) is 96.6 Å². The van der Waals surface area contributed by atoms with Gasteiger partial charge in [0.05, 0.1) is 17.3 Å². The number of aryl methyl sites for hydroxylation is 2. The van der Waals surface area contributed by atoms with Gasteiger partial charge in [0.2, 0.25) is 0 Å². The number of rotatable bonds is 8. The molecule has 0 aliphatic carbocycles. The van der Waals surface area contributed by atoms with E-state index in [0.29, 0.717) is 29.3 Å². The largest absolute Gasteiger partial charge is 0.456 e. The molecule has 4 rings (SSSR count). The van der Waals surface area contributed by atoms with Gasteiger partial charge in [-0.2, -0.15) is 23.5 Å². The third-order valence-corrected chi connectivity index (χ3v) is 6.07. The van der Waals surface area contributed by atoms with Gasteiger partial charge in [0, 0.05) is 37.2 Å². The Hall–Kier alpha value is -4.04. The third kappa shape index (κ3) is 6.34. The zero-order valence-corrected chi connectivity index (χ0v) is 19.9. The first-order valence-electron chi connectivity index (χ1n) is 10.8. The van der Waals surface area contributed by atoms with E-state index in [4.69, 9.17) is 4.74 Å². The van der Waals surface area contributed by atoms with Crippen molar-refractivity contribution in [3.05, 3.63) is 99.2 Å². The minimum Gasteiger partial charge on any atom is -0.456 e. The van der Waals surface area contributed by atoms with Crippen LogP contribution in [0.4, 0.5) is 13.2 Å². The molecule has 11 heteroatoms. The van der Waals surface area contributed by atoms with Crippen LogP contribution in [-0.2, 0) is 26.1 Å². The molecular weight excluding hydrogens is 491 g/mol. The van der Waals surface area contributed by atoms with Gasteiger partial charge >= 0.3 is 6.18 Å². The highest BCUT2D eigenvalue weighted by atomic mass is 32.2. The lowest BCUT2D eigenvalue weighted by Crippen LogP contribution is -2.14. The summed E-state index contributed by atoms with van der Waals surface area (Å²) in [4.78, 5) is 19.5. The number of benzene rings is 2. The van der Waals surface area contributed by atoms with Gasteiger partial charge in [-0.3, -0.25) is 9.48 Å². The van der Waals surface area contributed by atoms with Crippen LogP contribution in [0.1, 0.15) is 27.8 Å². The van der Waals surface area contributed by atoms with E-state index in [-0.39, 0.29) is 22.6 Å². The van der Waals surface area contributed by atoms with Crippen LogP contribution >= 0.6 is 11.8 Å². The number of nitrogens with one attached hydrogen (secondary N) is 1. The second-order valence-corrected chi connectivity index (χ2v) is 8.99. The van der Waals surface area contributed by atoms with Crippen molar-refractivity contribution in [2.24, 2.45) is 7.05 Å². The molecule has 0 spiro atoms. The molecule has 7 nitrogen and oxygen atoms in total. The van der Waals surface area contributed by atoms with Gasteiger partial charge in [-0.05, 0) is 47.9 Å². The number of nitrogens with zero attached hydrogens (tertiary/aromatic N) is 4. The standard InChI is InChI=1S/C25H20F3N5O2S/c1-33-15-17(13-31-33)10-19-14-30-24(32-23(19)34)36-8-7-16-5-6-22(18(9-16)12-29)35-21-4-2-3-20(11-21)25(26,27)28/h2-6,9,11,13-15H,7-8,10H2,1H3,(H,30,32,34). The van der Waals surface area contributed by atoms with Crippen molar-refractivity contribution < 1.29 is 17.9 Å². The number of thioether (sulfide) groups is 1. The average molecular weight is 512 g/mol. The quantitative estimate of drug-likeness (QED) is 0.261. The Morgan fingerprint density at radius 3 is 2.69 bits per heavy atom. The smallest absolute Gasteiger partial charge is 0.416 e. The first-order valence-corrected chi connectivity index (χ1v) is 11.8. The fourth-order valence-electron chi connectivity index (χ4n) is 3.42. The van der Waals surface area contributed by atoms with Gasteiger partial charge in [0.15, 0.2) is 5.16 Å². The number of ether oxygens (including phenoxy) is 1. The average Bonchev–Trinajstić information content (AvgIpc) is 3.26. The van der Waals surface area contributed by atoms with E-state index in [9.17, 15) is 23.2 Å². The minimum absolute atomic E-state index is 0.00775. The number of aromatic nitrogens is 4. The van der Waals surface area contributed by atoms with E-state index in [1.165, 1.54) is 23.9 Å². The highest BCUT2D eigenvalue weighted by Crippen LogP contribution is 2.33. The molecular formula is C25H20F3N5O2S. The normalized spacial score (nSPS) is 11.3. The van der Waals surface area contributed by atoms with Gasteiger partial charge in [-0.1, -0.05) is 23.9 Å². The van der Waals surface area contributed by atoms with Crippen molar-refractivity contribution in [2.75, 3.05) is 5.75 Å². The number of H-pyrrole nitrogens is 1. The fraction of sp³-hybridized carbons (Fsp3) is 0.200. The van der Waals surface area contributed by atoms with E-state index >= 15 is 0 Å². The van der Waals surface area contributed by atoms with Gasteiger partial charge in [0.25, 0.3) is 5.56 Å². The Morgan fingerprint density at radius 1 is 1.17 bits per heavy atom. The van der Waals surface area contributed by atoms with Crippen molar-refractivity contribution in [2.45, 2.75) is 24.2 Å². The second kappa shape index (κ2) is 10.7. The fourth-order valence-corrected chi connectivity index (χ4v) is 4.25. The minimum atomic E-state index is -4.49. The molecule has 0 aliphatic heterocycles. The number of nitriles is 1. The van der Waals surface area contributed by atoms with Crippen molar-refractivity contribution >= 4 is 11.8 Å². The number of halogens is 3. The maximum Gasteiger partial charge on any atom is 0.416 e. The molecule has 184 valence electrons. The highest BCUT2D eigenvalue weighted by molar-refractivity contribution is 7.99. The molecule has 0 atom stereocenters. The van der Waals surface area contributed by atoms with Crippen LogP contribution in [0.3, 0.4) is 0 Å². The molecule has 0 saturated heterocycles. The van der Waals surface area contributed by atoms with Crippen LogP contribution < -0.4 is 10.3 Å². The molecule has 2 heterocycles. The zero-order valence-electron chi connectivity index (χ0n) is 19.0. The lowest BCUT2D eigenvalue weighted by molar-refractivity contribution is -0.137. The lowest BCUT2D eigenvalue weighted by Gasteiger charge is -2.11. The maximum atomic E-state index is 12.9. The van der Waals surface area contributed by atoms with Crippen molar-refractivity contribution in [1.29, 1.82) is 5.26 Å². The predicted molar refractivity (Wildman–Crippen MR) is 128 cm³/mol. The highest BCUT2D eigenvalue weighted by Gasteiger charge is 2.30. The monoisotopic (exact) mass is 511 g/mol. The zero-order chi connectivity index (χ0) is 25.7. The molecule has 0 fully saturated rings. The van der Waals surface area contributed by atoms with Gasteiger partial charge < -0.3 is 9.72 Å². The number of hydrogen-bond donors (Lipinski definition) is 1. The molecule has 2 aromatic heterocycles. The predicted octanol–water partition coefficient (Wildman–Crippen LogP) is 5.11. The number of hydrogen-bond acceptors (Lipinski definition) is 6. The summed E-state index contributed by atoms with van der Waals surface area (Å²) >= 11 is 1.37. The molecule has 2 aromatic carbocycles. The van der Waals surface area contributed by atoms with E-state index in [1.807, 2.05) is 19.3 Å². The molecule has 36 heavy (non-hydrogen) atoms. The van der Waals surface area contributed by atoms with E-state index < -0.39 is 11.7 Å². The first-order chi connectivity index (χ1) is 17.2. The lowest BCUT2D eigenvalue weighted by atomic mass is 10.1. The van der Waals surface area contributed by atoms with Crippen LogP contribution in [0.25, 0.3) is 0 Å². The van der Waals surface area contributed by atoms with E-state index in [2.05, 4.69) is 15.1 Å². The van der Waals surface area contributed by atoms with Crippen molar-refractivity contribution in [3.8, 4) is 17.6 Å². The molecule has 0 aliphatic rings. The number of alkyl halides is 3. The van der Waals surface area contributed by atoms with Crippen LogP contribution in [0, 0.1) is 11.3 Å². The summed E-state index contributed by atoms with van der Waals surface area (Å²) in [6.45, 7) is 0. The van der Waals surface area contributed by atoms with Crippen LogP contribution in [0.5, 0.6) is 11.5 Å². The molecule has 4 aromatic rings. The summed E-state index contributed by atoms with van der Waals surface area (Å²) in [6, 6.07) is 11.5. The number of aromatic amines is 1. The molecule has 0 amide bonds. The molecule has 0 bridgehead atoms. The molecule has 0 saturated carbocycles. The Bertz CT molecular complexity index is 1470. The van der Waals surface area contributed by atoms with Crippen LogP contribution in [0.15, 0.2) is 71.0 Å². The molecule has 0 radical (unpaired) electrons. The van der Waals surface area contributed by atoms with Crippen LogP contribution in [0.2, 0.25) is 0 Å². The van der Waals surface area contributed by atoms with Gasteiger partial charge in [0.1, 0.15) is 17.6 Å². The van der Waals surface area contributed by atoms with Crippen molar-refractivity contribution in [1.82, 2.24) is 19.7 Å². The van der Waals surface area contributed by atoms with Crippen molar-refractivity contribution in [3.63, 3.8) is 0 Å². The molecule has 1 N–H and O–H groups in total. The second-order valence-electron chi connectivity index (χ2n) is 7.91. The van der Waals surface area contributed by atoms with Gasteiger partial charge in [-0.25, -0.2) is 4.98 Å². The maximum absolute atomic E-state index is 12.9. The Labute approximate surface area is 208 Å².